The van der Waals surface area contributed by atoms with Crippen LogP contribution in [0.2, 0.25) is 5.15 Å². The highest BCUT2D eigenvalue weighted by atomic mass is 35.5. The maximum absolute atomic E-state index is 11.1. The standard InChI is InChI=1S/C10H10ClN3O2/c1-10(2,9(15)16)6-5-14-8(12-6)4-3-7(11)13-14/h3-5H,1-2H3,(H,15,16). The largest absolute Gasteiger partial charge is 0.481 e. The van der Waals surface area contributed by atoms with E-state index in [0.717, 1.165) is 0 Å². The molecule has 0 aromatic carbocycles. The Morgan fingerprint density at radius 3 is 2.81 bits per heavy atom. The summed E-state index contributed by atoms with van der Waals surface area (Å²) >= 11 is 5.73. The Kier molecular flexibility index (Phi) is 2.35. The number of carboxylic acid groups (broad SMARTS) is 1. The number of carboxylic acids is 1. The van der Waals surface area contributed by atoms with Gasteiger partial charge in [0, 0.05) is 0 Å². The third-order valence-electron chi connectivity index (χ3n) is 2.46. The van der Waals surface area contributed by atoms with Crippen molar-refractivity contribution in [1.29, 1.82) is 0 Å². The second-order valence-corrected chi connectivity index (χ2v) is 4.40. The molecule has 0 spiro atoms. The number of carbonyl (C=O) groups is 1. The molecule has 84 valence electrons. The summed E-state index contributed by atoms with van der Waals surface area (Å²) in [4.78, 5) is 15.3. The minimum atomic E-state index is -1.04. The molecule has 0 aliphatic rings. The molecule has 1 N–H and O–H groups in total. The van der Waals surface area contributed by atoms with Gasteiger partial charge in [0.1, 0.15) is 10.6 Å². The number of fused-ring (bicyclic) bond motifs is 1. The number of aromatic nitrogens is 3. The van der Waals surface area contributed by atoms with Crippen molar-refractivity contribution in [3.05, 3.63) is 29.2 Å². The number of nitrogens with zero attached hydrogens (tertiary/aromatic N) is 3. The van der Waals surface area contributed by atoms with Crippen molar-refractivity contribution in [1.82, 2.24) is 14.6 Å². The quantitative estimate of drug-likeness (QED) is 0.867. The van der Waals surface area contributed by atoms with E-state index in [1.807, 2.05) is 0 Å². The van der Waals surface area contributed by atoms with Crippen molar-refractivity contribution < 1.29 is 9.90 Å². The van der Waals surface area contributed by atoms with Crippen molar-refractivity contribution in [2.75, 3.05) is 0 Å². The Hall–Kier alpha value is -1.62. The molecule has 0 bridgehead atoms. The number of rotatable bonds is 2. The summed E-state index contributed by atoms with van der Waals surface area (Å²) in [5.41, 5.74) is -0.0105. The number of hydrogen-bond acceptors (Lipinski definition) is 3. The van der Waals surface area contributed by atoms with Crippen molar-refractivity contribution in [3.8, 4) is 0 Å². The van der Waals surface area contributed by atoms with E-state index in [0.29, 0.717) is 16.5 Å². The average Bonchev–Trinajstić information content (AvgIpc) is 2.60. The Bertz CT molecular complexity index is 562. The van der Waals surface area contributed by atoms with Gasteiger partial charge in [-0.25, -0.2) is 9.50 Å². The first kappa shape index (κ1) is 10.9. The molecular formula is C10H10ClN3O2. The Morgan fingerprint density at radius 2 is 2.19 bits per heavy atom. The van der Waals surface area contributed by atoms with E-state index < -0.39 is 11.4 Å². The van der Waals surface area contributed by atoms with Gasteiger partial charge in [0.2, 0.25) is 0 Å². The zero-order chi connectivity index (χ0) is 11.9. The highest BCUT2D eigenvalue weighted by Crippen LogP contribution is 2.22. The van der Waals surface area contributed by atoms with Crippen LogP contribution in [0.4, 0.5) is 0 Å². The van der Waals surface area contributed by atoms with Crippen molar-refractivity contribution in [2.24, 2.45) is 0 Å². The van der Waals surface area contributed by atoms with Gasteiger partial charge < -0.3 is 5.11 Å². The molecule has 0 atom stereocenters. The Balaban J connectivity index is 2.59. The molecule has 0 aliphatic heterocycles. The monoisotopic (exact) mass is 239 g/mol. The fourth-order valence-electron chi connectivity index (χ4n) is 1.27. The minimum absolute atomic E-state index is 0.338. The summed E-state index contributed by atoms with van der Waals surface area (Å²) in [6.45, 7) is 3.19. The van der Waals surface area contributed by atoms with E-state index in [1.165, 1.54) is 4.52 Å². The maximum atomic E-state index is 11.1. The molecule has 5 nitrogen and oxygen atoms in total. The molecule has 0 amide bonds. The van der Waals surface area contributed by atoms with E-state index in [1.54, 1.807) is 32.2 Å². The molecule has 0 saturated carbocycles. The number of halogens is 1. The molecule has 0 unspecified atom stereocenters. The van der Waals surface area contributed by atoms with Gasteiger partial charge in [-0.3, -0.25) is 4.79 Å². The fourth-order valence-corrected chi connectivity index (χ4v) is 1.41. The first-order valence-electron chi connectivity index (χ1n) is 4.67. The molecule has 2 aromatic heterocycles. The number of hydrogen-bond donors (Lipinski definition) is 1. The predicted molar refractivity (Wildman–Crippen MR) is 58.7 cm³/mol. The van der Waals surface area contributed by atoms with Gasteiger partial charge in [0.15, 0.2) is 5.65 Å². The lowest BCUT2D eigenvalue weighted by molar-refractivity contribution is -0.142. The van der Waals surface area contributed by atoms with Gasteiger partial charge in [0.05, 0.1) is 11.9 Å². The average molecular weight is 240 g/mol. The van der Waals surface area contributed by atoms with Crippen molar-refractivity contribution in [3.63, 3.8) is 0 Å². The van der Waals surface area contributed by atoms with Crippen molar-refractivity contribution in [2.45, 2.75) is 19.3 Å². The topological polar surface area (TPSA) is 67.5 Å². The SMILES string of the molecule is CC(C)(C(=O)O)c1cn2nc(Cl)ccc2n1. The summed E-state index contributed by atoms with van der Waals surface area (Å²) in [5, 5.41) is 13.4. The Labute approximate surface area is 96.7 Å². The zero-order valence-corrected chi connectivity index (χ0v) is 9.56. The summed E-state index contributed by atoms with van der Waals surface area (Å²) in [5.74, 6) is -0.929. The van der Waals surface area contributed by atoms with Crippen molar-refractivity contribution >= 4 is 23.2 Å². The summed E-state index contributed by atoms with van der Waals surface area (Å²) < 4.78 is 1.47. The van der Waals surface area contributed by atoms with Crippen LogP contribution >= 0.6 is 11.6 Å². The van der Waals surface area contributed by atoms with Crippen LogP contribution < -0.4 is 0 Å². The lowest BCUT2D eigenvalue weighted by atomic mass is 9.90. The maximum Gasteiger partial charge on any atom is 0.315 e. The molecule has 0 saturated heterocycles. The molecular weight excluding hydrogens is 230 g/mol. The lowest BCUT2D eigenvalue weighted by Gasteiger charge is -2.15. The van der Waals surface area contributed by atoms with Crippen LogP contribution in [0.25, 0.3) is 5.65 Å². The smallest absolute Gasteiger partial charge is 0.315 e. The molecule has 2 rings (SSSR count). The highest BCUT2D eigenvalue weighted by Gasteiger charge is 2.32. The second-order valence-electron chi connectivity index (χ2n) is 4.02. The van der Waals surface area contributed by atoms with Crippen LogP contribution in [0.1, 0.15) is 19.5 Å². The van der Waals surface area contributed by atoms with Crippen LogP contribution in [-0.2, 0) is 10.2 Å². The summed E-state index contributed by atoms with van der Waals surface area (Å²) in [6.07, 6.45) is 1.58. The molecule has 2 heterocycles. The summed E-state index contributed by atoms with van der Waals surface area (Å²) in [7, 11) is 0. The van der Waals surface area contributed by atoms with Crippen LogP contribution in [0.5, 0.6) is 0 Å². The first-order chi connectivity index (χ1) is 7.41. The van der Waals surface area contributed by atoms with Crippen LogP contribution in [0.3, 0.4) is 0 Å². The van der Waals surface area contributed by atoms with Crippen LogP contribution in [-0.4, -0.2) is 25.7 Å². The van der Waals surface area contributed by atoms with Gasteiger partial charge >= 0.3 is 5.97 Å². The first-order valence-corrected chi connectivity index (χ1v) is 5.05. The second kappa shape index (κ2) is 3.45. The van der Waals surface area contributed by atoms with Gasteiger partial charge in [-0.1, -0.05) is 11.6 Å². The van der Waals surface area contributed by atoms with Crippen LogP contribution in [0.15, 0.2) is 18.3 Å². The zero-order valence-electron chi connectivity index (χ0n) is 8.81. The molecule has 0 fully saturated rings. The third-order valence-corrected chi connectivity index (χ3v) is 2.66. The Morgan fingerprint density at radius 1 is 1.50 bits per heavy atom. The van der Waals surface area contributed by atoms with E-state index in [4.69, 9.17) is 16.7 Å². The molecule has 2 aromatic rings. The van der Waals surface area contributed by atoms with Gasteiger partial charge in [-0.15, -0.1) is 0 Å². The van der Waals surface area contributed by atoms with Gasteiger partial charge in [0.25, 0.3) is 0 Å². The third kappa shape index (κ3) is 1.63. The minimum Gasteiger partial charge on any atom is -0.481 e. The number of aliphatic carboxylic acids is 1. The highest BCUT2D eigenvalue weighted by molar-refractivity contribution is 6.29. The van der Waals surface area contributed by atoms with E-state index in [-0.39, 0.29) is 0 Å². The van der Waals surface area contributed by atoms with Gasteiger partial charge in [-0.05, 0) is 26.0 Å². The van der Waals surface area contributed by atoms with E-state index >= 15 is 0 Å². The molecule has 16 heavy (non-hydrogen) atoms. The predicted octanol–water partition coefficient (Wildman–Crippen LogP) is 1.74. The van der Waals surface area contributed by atoms with E-state index in [2.05, 4.69) is 10.1 Å². The molecule has 0 aliphatic carbocycles. The van der Waals surface area contributed by atoms with E-state index in [9.17, 15) is 4.79 Å². The lowest BCUT2D eigenvalue weighted by Crippen LogP contribution is -2.28. The fraction of sp³-hybridized carbons (Fsp3) is 0.300. The summed E-state index contributed by atoms with van der Waals surface area (Å²) in [6, 6.07) is 3.30. The molecule has 6 heteroatoms. The number of imidazole rings is 1. The van der Waals surface area contributed by atoms with Gasteiger partial charge in [-0.2, -0.15) is 5.10 Å². The molecule has 0 radical (unpaired) electrons. The normalized spacial score (nSPS) is 11.9. The van der Waals surface area contributed by atoms with Crippen LogP contribution in [0, 0.1) is 0 Å².